The molecular weight excluding hydrogens is 230 g/mol. The molecule has 1 aromatic carbocycles. The van der Waals surface area contributed by atoms with E-state index in [9.17, 15) is 13.6 Å². The van der Waals surface area contributed by atoms with Gasteiger partial charge in [0.2, 0.25) is 0 Å². The van der Waals surface area contributed by atoms with Crippen molar-refractivity contribution < 1.29 is 23.4 Å². The molecular formula is C9H7ClF2O3. The molecule has 0 spiro atoms. The maximum Gasteiger partial charge on any atom is 0.387 e. The molecule has 3 nitrogen and oxygen atoms in total. The van der Waals surface area contributed by atoms with Gasteiger partial charge in [-0.3, -0.25) is 0 Å². The van der Waals surface area contributed by atoms with Crippen LogP contribution in [0.15, 0.2) is 12.1 Å². The maximum absolute atomic E-state index is 11.9. The van der Waals surface area contributed by atoms with Gasteiger partial charge in [-0.25, -0.2) is 4.79 Å². The smallest absolute Gasteiger partial charge is 0.387 e. The summed E-state index contributed by atoms with van der Waals surface area (Å²) in [7, 11) is 0. The molecule has 0 fully saturated rings. The third-order valence-electron chi connectivity index (χ3n) is 1.71. The number of aryl methyl sites for hydroxylation is 1. The Hall–Kier alpha value is -1.36. The second-order valence-corrected chi connectivity index (χ2v) is 3.19. The molecule has 1 aromatic rings. The van der Waals surface area contributed by atoms with Crippen molar-refractivity contribution >= 4 is 17.6 Å². The number of carbonyl (C=O) groups is 1. The van der Waals surface area contributed by atoms with Crippen LogP contribution in [-0.4, -0.2) is 17.7 Å². The highest BCUT2D eigenvalue weighted by Crippen LogP contribution is 2.27. The molecule has 82 valence electrons. The summed E-state index contributed by atoms with van der Waals surface area (Å²) in [6.07, 6.45) is 0. The summed E-state index contributed by atoms with van der Waals surface area (Å²) < 4.78 is 28.0. The van der Waals surface area contributed by atoms with E-state index in [1.165, 1.54) is 0 Å². The van der Waals surface area contributed by atoms with E-state index in [-0.39, 0.29) is 16.3 Å². The fourth-order valence-corrected chi connectivity index (χ4v) is 1.18. The molecule has 0 saturated carbocycles. The number of halogens is 3. The third-order valence-corrected chi connectivity index (χ3v) is 2.11. The van der Waals surface area contributed by atoms with E-state index < -0.39 is 12.6 Å². The molecule has 1 rings (SSSR count). The van der Waals surface area contributed by atoms with Crippen LogP contribution in [0.3, 0.4) is 0 Å². The van der Waals surface area contributed by atoms with E-state index in [4.69, 9.17) is 16.7 Å². The van der Waals surface area contributed by atoms with Crippen molar-refractivity contribution in [1.29, 1.82) is 0 Å². The van der Waals surface area contributed by atoms with E-state index in [1.807, 2.05) is 0 Å². The minimum absolute atomic E-state index is 0.189. The topological polar surface area (TPSA) is 46.5 Å². The first-order valence-corrected chi connectivity index (χ1v) is 4.28. The predicted molar refractivity (Wildman–Crippen MR) is 49.8 cm³/mol. The molecule has 0 saturated heterocycles. The average molecular weight is 237 g/mol. The zero-order valence-electron chi connectivity index (χ0n) is 7.63. The zero-order chi connectivity index (χ0) is 11.6. The van der Waals surface area contributed by atoms with Crippen molar-refractivity contribution in [2.75, 3.05) is 0 Å². The highest BCUT2D eigenvalue weighted by molar-refractivity contribution is 6.31. The number of carboxylic acids is 1. The van der Waals surface area contributed by atoms with Gasteiger partial charge in [-0.15, -0.1) is 0 Å². The van der Waals surface area contributed by atoms with Crippen LogP contribution in [-0.2, 0) is 0 Å². The number of ether oxygens (including phenoxy) is 1. The minimum atomic E-state index is -3.07. The van der Waals surface area contributed by atoms with Crippen LogP contribution in [0.5, 0.6) is 5.75 Å². The fourth-order valence-electron chi connectivity index (χ4n) is 1.02. The Morgan fingerprint density at radius 2 is 2.13 bits per heavy atom. The lowest BCUT2D eigenvalue weighted by molar-refractivity contribution is -0.0503. The molecule has 0 atom stereocenters. The first-order chi connectivity index (χ1) is 6.91. The van der Waals surface area contributed by atoms with Gasteiger partial charge in [0, 0.05) is 5.02 Å². The van der Waals surface area contributed by atoms with Crippen LogP contribution in [0.4, 0.5) is 8.78 Å². The lowest BCUT2D eigenvalue weighted by Gasteiger charge is -2.09. The first kappa shape index (κ1) is 11.7. The minimum Gasteiger partial charge on any atom is -0.478 e. The van der Waals surface area contributed by atoms with Gasteiger partial charge in [-0.1, -0.05) is 11.6 Å². The molecule has 0 aromatic heterocycles. The van der Waals surface area contributed by atoms with Gasteiger partial charge in [0.05, 0.1) is 0 Å². The van der Waals surface area contributed by atoms with E-state index in [2.05, 4.69) is 4.74 Å². The average Bonchev–Trinajstić information content (AvgIpc) is 2.09. The fraction of sp³-hybridized carbons (Fsp3) is 0.222. The van der Waals surface area contributed by atoms with Gasteiger partial charge in [0.15, 0.2) is 0 Å². The second kappa shape index (κ2) is 4.44. The summed E-state index contributed by atoms with van der Waals surface area (Å²) in [5, 5.41) is 8.90. The van der Waals surface area contributed by atoms with Crippen LogP contribution in [0.2, 0.25) is 5.02 Å². The van der Waals surface area contributed by atoms with Gasteiger partial charge in [0.1, 0.15) is 11.3 Å². The van der Waals surface area contributed by atoms with Gasteiger partial charge >= 0.3 is 12.6 Å². The molecule has 0 aliphatic heterocycles. The van der Waals surface area contributed by atoms with Gasteiger partial charge in [-0.05, 0) is 24.6 Å². The number of rotatable bonds is 3. The number of alkyl halides is 2. The van der Waals surface area contributed by atoms with E-state index in [1.54, 1.807) is 6.92 Å². The van der Waals surface area contributed by atoms with Gasteiger partial charge < -0.3 is 9.84 Å². The Labute approximate surface area is 89.2 Å². The van der Waals surface area contributed by atoms with E-state index >= 15 is 0 Å². The van der Waals surface area contributed by atoms with E-state index in [0.29, 0.717) is 5.56 Å². The predicted octanol–water partition coefficient (Wildman–Crippen LogP) is 2.95. The maximum atomic E-state index is 11.9. The number of benzene rings is 1. The SMILES string of the molecule is Cc1cc(OC(F)F)c(C(=O)O)cc1Cl. The molecule has 0 aliphatic rings. The Morgan fingerprint density at radius 3 is 2.60 bits per heavy atom. The Balaban J connectivity index is 3.22. The van der Waals surface area contributed by atoms with Crippen LogP contribution in [0.25, 0.3) is 0 Å². The standard InChI is InChI=1S/C9H7ClF2O3/c1-4-2-7(15-9(11)12)5(8(13)14)3-6(4)10/h2-3,9H,1H3,(H,13,14). The summed E-state index contributed by atoms with van der Waals surface area (Å²) in [6.45, 7) is -1.50. The molecule has 6 heteroatoms. The molecule has 15 heavy (non-hydrogen) atoms. The van der Waals surface area contributed by atoms with Crippen molar-refractivity contribution in [1.82, 2.24) is 0 Å². The Bertz CT molecular complexity index is 393. The third kappa shape index (κ3) is 2.79. The van der Waals surface area contributed by atoms with Crippen molar-refractivity contribution in [3.05, 3.63) is 28.3 Å². The summed E-state index contributed by atoms with van der Waals surface area (Å²) >= 11 is 5.66. The highest BCUT2D eigenvalue weighted by atomic mass is 35.5. The Morgan fingerprint density at radius 1 is 1.53 bits per heavy atom. The highest BCUT2D eigenvalue weighted by Gasteiger charge is 2.16. The van der Waals surface area contributed by atoms with Crippen LogP contribution >= 0.6 is 11.6 Å². The van der Waals surface area contributed by atoms with Crippen LogP contribution < -0.4 is 4.74 Å². The molecule has 0 bridgehead atoms. The molecule has 1 N–H and O–H groups in total. The molecule has 0 radical (unpaired) electrons. The normalized spacial score (nSPS) is 10.5. The summed E-state index contributed by atoms with van der Waals surface area (Å²) in [5.41, 5.74) is 0.0863. The second-order valence-electron chi connectivity index (χ2n) is 2.78. The summed E-state index contributed by atoms with van der Waals surface area (Å²) in [4.78, 5) is 10.7. The summed E-state index contributed by atoms with van der Waals surface area (Å²) in [6, 6.07) is 2.24. The lowest BCUT2D eigenvalue weighted by Crippen LogP contribution is -2.08. The zero-order valence-corrected chi connectivity index (χ0v) is 8.39. The lowest BCUT2D eigenvalue weighted by atomic mass is 10.1. The van der Waals surface area contributed by atoms with Crippen molar-refractivity contribution in [2.24, 2.45) is 0 Å². The molecule has 0 heterocycles. The van der Waals surface area contributed by atoms with Crippen molar-refractivity contribution in [3.8, 4) is 5.75 Å². The number of hydrogen-bond acceptors (Lipinski definition) is 2. The van der Waals surface area contributed by atoms with Gasteiger partial charge in [-0.2, -0.15) is 8.78 Å². The number of aromatic carboxylic acids is 1. The first-order valence-electron chi connectivity index (χ1n) is 3.90. The van der Waals surface area contributed by atoms with Crippen molar-refractivity contribution in [3.63, 3.8) is 0 Å². The molecule has 0 unspecified atom stereocenters. The largest absolute Gasteiger partial charge is 0.478 e. The summed E-state index contributed by atoms with van der Waals surface area (Å²) in [5.74, 6) is -1.76. The number of carboxylic acid groups (broad SMARTS) is 1. The van der Waals surface area contributed by atoms with Crippen LogP contribution in [0.1, 0.15) is 15.9 Å². The molecule has 0 aliphatic carbocycles. The van der Waals surface area contributed by atoms with E-state index in [0.717, 1.165) is 12.1 Å². The van der Waals surface area contributed by atoms with Crippen molar-refractivity contribution in [2.45, 2.75) is 13.5 Å². The monoisotopic (exact) mass is 236 g/mol. The van der Waals surface area contributed by atoms with Gasteiger partial charge in [0.25, 0.3) is 0 Å². The number of hydrogen-bond donors (Lipinski definition) is 1. The Kier molecular flexibility index (Phi) is 3.47. The quantitative estimate of drug-likeness (QED) is 0.878. The van der Waals surface area contributed by atoms with Crippen LogP contribution in [0, 0.1) is 6.92 Å². The molecule has 0 amide bonds.